The van der Waals surface area contributed by atoms with E-state index in [0.29, 0.717) is 18.2 Å². The van der Waals surface area contributed by atoms with Gasteiger partial charge in [-0.15, -0.1) is 0 Å². The maximum absolute atomic E-state index is 11.5. The van der Waals surface area contributed by atoms with Crippen molar-refractivity contribution in [3.8, 4) is 0 Å². The molecule has 20 heavy (non-hydrogen) atoms. The van der Waals surface area contributed by atoms with Crippen LogP contribution in [0.15, 0.2) is 29.2 Å². The van der Waals surface area contributed by atoms with Crippen molar-refractivity contribution in [2.75, 3.05) is 25.5 Å². The molecular formula is C13H21N3O3S. The van der Waals surface area contributed by atoms with Crippen LogP contribution in [-0.4, -0.2) is 34.5 Å². The van der Waals surface area contributed by atoms with Crippen LogP contribution < -0.4 is 15.4 Å². The van der Waals surface area contributed by atoms with Crippen molar-refractivity contribution >= 4 is 21.6 Å². The monoisotopic (exact) mass is 299 g/mol. The molecule has 1 amide bonds. The Bertz CT molecular complexity index is 538. The number of carbonyl (C=O) groups excluding carboxylic acids is 1. The zero-order valence-corrected chi connectivity index (χ0v) is 12.8. The van der Waals surface area contributed by atoms with Crippen molar-refractivity contribution in [3.05, 3.63) is 24.3 Å². The predicted molar refractivity (Wildman–Crippen MR) is 79.0 cm³/mol. The van der Waals surface area contributed by atoms with Crippen LogP contribution in [0.3, 0.4) is 0 Å². The number of nitrogens with one attached hydrogen (secondary N) is 3. The molecule has 0 aliphatic heterocycles. The Labute approximate surface area is 120 Å². The van der Waals surface area contributed by atoms with Gasteiger partial charge in [0.05, 0.1) is 11.4 Å². The summed E-state index contributed by atoms with van der Waals surface area (Å²) in [5, 5.41) is 5.73. The second-order valence-electron chi connectivity index (χ2n) is 4.78. The van der Waals surface area contributed by atoms with E-state index in [9.17, 15) is 13.2 Å². The van der Waals surface area contributed by atoms with Crippen molar-refractivity contribution in [1.82, 2.24) is 10.0 Å². The lowest BCUT2D eigenvalue weighted by atomic mass is 10.2. The Balaban J connectivity index is 2.52. The summed E-state index contributed by atoms with van der Waals surface area (Å²) in [4.78, 5) is 11.7. The van der Waals surface area contributed by atoms with E-state index in [2.05, 4.69) is 15.4 Å². The van der Waals surface area contributed by atoms with Gasteiger partial charge in [0.15, 0.2) is 0 Å². The van der Waals surface area contributed by atoms with Gasteiger partial charge in [-0.2, -0.15) is 0 Å². The lowest BCUT2D eigenvalue weighted by Gasteiger charge is -2.10. The highest BCUT2D eigenvalue weighted by molar-refractivity contribution is 7.89. The summed E-state index contributed by atoms with van der Waals surface area (Å²) < 4.78 is 25.3. The first-order valence-electron chi connectivity index (χ1n) is 6.39. The topological polar surface area (TPSA) is 87.3 Å². The molecule has 112 valence electrons. The van der Waals surface area contributed by atoms with Gasteiger partial charge in [-0.1, -0.05) is 13.8 Å². The lowest BCUT2D eigenvalue weighted by Crippen LogP contribution is -2.32. The smallest absolute Gasteiger partial charge is 0.240 e. The van der Waals surface area contributed by atoms with Crippen molar-refractivity contribution < 1.29 is 13.2 Å². The summed E-state index contributed by atoms with van der Waals surface area (Å²) in [6.07, 6.45) is 0. The third-order valence-electron chi connectivity index (χ3n) is 2.59. The van der Waals surface area contributed by atoms with Crippen LogP contribution in [0.1, 0.15) is 13.8 Å². The van der Waals surface area contributed by atoms with Crippen LogP contribution in [0, 0.1) is 5.92 Å². The zero-order valence-electron chi connectivity index (χ0n) is 11.9. The van der Waals surface area contributed by atoms with Crippen molar-refractivity contribution in [1.29, 1.82) is 0 Å². The Morgan fingerprint density at radius 3 is 2.30 bits per heavy atom. The first kappa shape index (κ1) is 16.5. The van der Waals surface area contributed by atoms with Crippen molar-refractivity contribution in [2.45, 2.75) is 18.7 Å². The largest absolute Gasteiger partial charge is 0.376 e. The van der Waals surface area contributed by atoms with Gasteiger partial charge in [-0.3, -0.25) is 4.79 Å². The number of rotatable bonds is 7. The summed E-state index contributed by atoms with van der Waals surface area (Å²) in [5.41, 5.74) is 0.694. The van der Waals surface area contributed by atoms with Crippen LogP contribution in [0.4, 0.5) is 5.69 Å². The van der Waals surface area contributed by atoms with Crippen molar-refractivity contribution in [3.63, 3.8) is 0 Å². The highest BCUT2D eigenvalue weighted by Crippen LogP contribution is 2.13. The molecule has 0 spiro atoms. The molecule has 6 nitrogen and oxygen atoms in total. The maximum atomic E-state index is 11.5. The van der Waals surface area contributed by atoms with Gasteiger partial charge in [0.2, 0.25) is 15.9 Å². The standard InChI is InChI=1S/C13H21N3O3S/c1-10(2)8-16-13(17)9-15-11-4-6-12(7-5-11)20(18,19)14-3/h4-7,10,14-15H,8-9H2,1-3H3,(H,16,17). The van der Waals surface area contributed by atoms with E-state index in [-0.39, 0.29) is 17.3 Å². The molecule has 1 aromatic carbocycles. The average molecular weight is 299 g/mol. The molecule has 7 heteroatoms. The van der Waals surface area contributed by atoms with Gasteiger partial charge in [0, 0.05) is 12.2 Å². The summed E-state index contributed by atoms with van der Waals surface area (Å²) in [6, 6.07) is 6.22. The quantitative estimate of drug-likeness (QED) is 0.694. The summed E-state index contributed by atoms with van der Waals surface area (Å²) in [7, 11) is -2.06. The fourth-order valence-corrected chi connectivity index (χ4v) is 2.16. The van der Waals surface area contributed by atoms with Crippen LogP contribution in [-0.2, 0) is 14.8 Å². The fourth-order valence-electron chi connectivity index (χ4n) is 1.43. The highest BCUT2D eigenvalue weighted by atomic mass is 32.2. The third-order valence-corrected chi connectivity index (χ3v) is 4.02. The number of benzene rings is 1. The van der Waals surface area contributed by atoms with E-state index in [0.717, 1.165) is 0 Å². The summed E-state index contributed by atoms with van der Waals surface area (Å²) >= 11 is 0. The van der Waals surface area contributed by atoms with E-state index >= 15 is 0 Å². The summed E-state index contributed by atoms with van der Waals surface area (Å²) in [5.74, 6) is 0.315. The maximum Gasteiger partial charge on any atom is 0.240 e. The molecular weight excluding hydrogens is 278 g/mol. The van der Waals surface area contributed by atoms with Gasteiger partial charge in [-0.25, -0.2) is 13.1 Å². The molecule has 0 bridgehead atoms. The SMILES string of the molecule is CNS(=O)(=O)c1ccc(NCC(=O)NCC(C)C)cc1. The molecule has 0 unspecified atom stereocenters. The van der Waals surface area contributed by atoms with E-state index in [1.165, 1.54) is 19.2 Å². The second kappa shape index (κ2) is 7.25. The number of hydrogen-bond acceptors (Lipinski definition) is 4. The van der Waals surface area contributed by atoms with E-state index in [1.807, 2.05) is 13.8 Å². The molecule has 0 atom stereocenters. The number of hydrogen-bond donors (Lipinski definition) is 3. The minimum Gasteiger partial charge on any atom is -0.376 e. The number of carbonyl (C=O) groups is 1. The van der Waals surface area contributed by atoms with Gasteiger partial charge in [0.1, 0.15) is 0 Å². The van der Waals surface area contributed by atoms with Gasteiger partial charge in [-0.05, 0) is 37.2 Å². The van der Waals surface area contributed by atoms with Gasteiger partial charge >= 0.3 is 0 Å². The molecule has 0 saturated heterocycles. The fraction of sp³-hybridized carbons (Fsp3) is 0.462. The minimum absolute atomic E-state index is 0.0920. The molecule has 0 heterocycles. The van der Waals surface area contributed by atoms with Crippen LogP contribution >= 0.6 is 0 Å². The van der Waals surface area contributed by atoms with Gasteiger partial charge in [0.25, 0.3) is 0 Å². The number of anilines is 1. The molecule has 0 aliphatic rings. The first-order valence-corrected chi connectivity index (χ1v) is 7.87. The molecule has 0 fully saturated rings. The molecule has 0 radical (unpaired) electrons. The molecule has 1 rings (SSSR count). The van der Waals surface area contributed by atoms with E-state index < -0.39 is 10.0 Å². The van der Waals surface area contributed by atoms with Crippen LogP contribution in [0.5, 0.6) is 0 Å². The lowest BCUT2D eigenvalue weighted by molar-refractivity contribution is -0.119. The Hall–Kier alpha value is -1.60. The van der Waals surface area contributed by atoms with Crippen molar-refractivity contribution in [2.24, 2.45) is 5.92 Å². The third kappa shape index (κ3) is 5.18. The van der Waals surface area contributed by atoms with E-state index in [1.54, 1.807) is 12.1 Å². The van der Waals surface area contributed by atoms with Gasteiger partial charge < -0.3 is 10.6 Å². The average Bonchev–Trinajstić information content (AvgIpc) is 2.43. The molecule has 0 saturated carbocycles. The minimum atomic E-state index is -3.42. The summed E-state index contributed by atoms with van der Waals surface area (Å²) in [6.45, 7) is 4.84. The molecule has 1 aromatic rings. The Kier molecular flexibility index (Phi) is 5.97. The Morgan fingerprint density at radius 2 is 1.80 bits per heavy atom. The van der Waals surface area contributed by atoms with E-state index in [4.69, 9.17) is 0 Å². The molecule has 0 aromatic heterocycles. The molecule has 3 N–H and O–H groups in total. The van der Waals surface area contributed by atoms with Crippen LogP contribution in [0.2, 0.25) is 0 Å². The second-order valence-corrected chi connectivity index (χ2v) is 6.67. The predicted octanol–water partition coefficient (Wildman–Crippen LogP) is 0.779. The number of amides is 1. The Morgan fingerprint density at radius 1 is 1.20 bits per heavy atom. The first-order chi connectivity index (χ1) is 9.35. The van der Waals surface area contributed by atoms with Crippen LogP contribution in [0.25, 0.3) is 0 Å². The number of sulfonamides is 1. The normalized spacial score (nSPS) is 11.4. The highest BCUT2D eigenvalue weighted by Gasteiger charge is 2.10. The zero-order chi connectivity index (χ0) is 15.2. The molecule has 0 aliphatic carbocycles.